The molecule has 0 aromatic heterocycles. The zero-order valence-corrected chi connectivity index (χ0v) is 18.6. The first-order valence-electron chi connectivity index (χ1n) is 10.8. The molecule has 1 aliphatic rings. The molecule has 0 bridgehead atoms. The van der Waals surface area contributed by atoms with E-state index in [0.717, 1.165) is 33.6 Å². The van der Waals surface area contributed by atoms with Crippen LogP contribution in [-0.4, -0.2) is 0 Å². The van der Waals surface area contributed by atoms with Gasteiger partial charge in [-0.15, -0.1) is 0 Å². The van der Waals surface area contributed by atoms with Crippen LogP contribution in [0.5, 0.6) is 0 Å². The lowest BCUT2D eigenvalue weighted by Crippen LogP contribution is -2.29. The first-order valence-corrected chi connectivity index (χ1v) is 10.8. The standard InChI is InChI=1S/C29H28N2/c1-17-13-21(14-18(2)27(17)30)29(22-15-19(3)28(31)20(4)16-22)25-11-7-5-9-23(25)24-10-6-8-12-26(24)29/h5-16H,30-31H2,1-4H3. The second-order valence-corrected chi connectivity index (χ2v) is 8.89. The van der Waals surface area contributed by atoms with Crippen molar-refractivity contribution in [2.45, 2.75) is 33.1 Å². The van der Waals surface area contributed by atoms with Crippen LogP contribution in [0, 0.1) is 27.7 Å². The molecular formula is C29H28N2. The van der Waals surface area contributed by atoms with Crippen molar-refractivity contribution in [2.24, 2.45) is 0 Å². The van der Waals surface area contributed by atoms with Crippen LogP contribution < -0.4 is 11.5 Å². The molecule has 0 atom stereocenters. The number of hydrogen-bond donors (Lipinski definition) is 2. The Morgan fingerprint density at radius 3 is 1.19 bits per heavy atom. The van der Waals surface area contributed by atoms with Gasteiger partial charge in [-0.1, -0.05) is 72.8 Å². The van der Waals surface area contributed by atoms with E-state index in [1.807, 2.05) is 0 Å². The summed E-state index contributed by atoms with van der Waals surface area (Å²) in [5.74, 6) is 0. The number of anilines is 2. The molecule has 0 heterocycles. The van der Waals surface area contributed by atoms with Crippen molar-refractivity contribution in [3.63, 3.8) is 0 Å². The number of fused-ring (bicyclic) bond motifs is 3. The number of benzene rings is 4. The second kappa shape index (κ2) is 6.75. The predicted octanol–water partition coefficient (Wildman–Crippen LogP) is 6.45. The first kappa shape index (κ1) is 19.4. The number of nitrogen functional groups attached to an aromatic ring is 2. The minimum atomic E-state index is -0.417. The van der Waals surface area contributed by atoms with Crippen LogP contribution in [0.25, 0.3) is 11.1 Å². The van der Waals surface area contributed by atoms with E-state index in [1.165, 1.54) is 33.4 Å². The van der Waals surface area contributed by atoms with Gasteiger partial charge >= 0.3 is 0 Å². The van der Waals surface area contributed by atoms with E-state index >= 15 is 0 Å². The average molecular weight is 405 g/mol. The van der Waals surface area contributed by atoms with E-state index in [1.54, 1.807) is 0 Å². The molecule has 0 aliphatic heterocycles. The van der Waals surface area contributed by atoms with E-state index in [9.17, 15) is 0 Å². The number of aryl methyl sites for hydroxylation is 4. The average Bonchev–Trinajstić information content (AvgIpc) is 3.06. The van der Waals surface area contributed by atoms with E-state index in [4.69, 9.17) is 11.5 Å². The zero-order valence-electron chi connectivity index (χ0n) is 18.6. The molecule has 4 aromatic rings. The van der Waals surface area contributed by atoms with Crippen LogP contribution in [0.1, 0.15) is 44.5 Å². The maximum Gasteiger partial charge on any atom is 0.0714 e. The second-order valence-electron chi connectivity index (χ2n) is 8.89. The Bertz CT molecular complexity index is 1200. The summed E-state index contributed by atoms with van der Waals surface area (Å²) in [4.78, 5) is 0. The van der Waals surface area contributed by atoms with Gasteiger partial charge in [-0.25, -0.2) is 0 Å². The third-order valence-electron chi connectivity index (χ3n) is 7.01. The van der Waals surface area contributed by atoms with Crippen LogP contribution in [0.15, 0.2) is 72.8 Å². The molecule has 0 saturated heterocycles. The van der Waals surface area contributed by atoms with Gasteiger partial charge in [-0.3, -0.25) is 0 Å². The summed E-state index contributed by atoms with van der Waals surface area (Å²) >= 11 is 0. The van der Waals surface area contributed by atoms with E-state index in [2.05, 4.69) is 100 Å². The quantitative estimate of drug-likeness (QED) is 0.332. The van der Waals surface area contributed by atoms with Crippen molar-refractivity contribution < 1.29 is 0 Å². The minimum absolute atomic E-state index is 0.417. The fourth-order valence-corrected chi connectivity index (χ4v) is 5.41. The van der Waals surface area contributed by atoms with E-state index in [-0.39, 0.29) is 0 Å². The molecule has 4 aromatic carbocycles. The molecule has 0 saturated carbocycles. The summed E-state index contributed by atoms with van der Waals surface area (Å²) in [5.41, 5.74) is 26.2. The van der Waals surface area contributed by atoms with Gasteiger partial charge in [0.1, 0.15) is 0 Å². The van der Waals surface area contributed by atoms with Gasteiger partial charge in [0.2, 0.25) is 0 Å². The highest BCUT2D eigenvalue weighted by atomic mass is 14.6. The summed E-state index contributed by atoms with van der Waals surface area (Å²) in [7, 11) is 0. The van der Waals surface area contributed by atoms with Gasteiger partial charge in [0.25, 0.3) is 0 Å². The first-order chi connectivity index (χ1) is 14.9. The molecule has 1 aliphatic carbocycles. The van der Waals surface area contributed by atoms with Gasteiger partial charge in [0.15, 0.2) is 0 Å². The van der Waals surface area contributed by atoms with Gasteiger partial charge in [-0.05, 0) is 83.3 Å². The summed E-state index contributed by atoms with van der Waals surface area (Å²) in [6.45, 7) is 8.41. The van der Waals surface area contributed by atoms with E-state index < -0.39 is 5.41 Å². The molecule has 5 rings (SSSR count). The molecule has 154 valence electrons. The monoisotopic (exact) mass is 404 g/mol. The summed E-state index contributed by atoms with van der Waals surface area (Å²) in [5, 5.41) is 0. The molecule has 2 heteroatoms. The van der Waals surface area contributed by atoms with Gasteiger partial charge < -0.3 is 11.5 Å². The number of nitrogens with two attached hydrogens (primary N) is 2. The Labute approximate surface area is 184 Å². The minimum Gasteiger partial charge on any atom is -0.398 e. The Balaban J connectivity index is 2.00. The number of hydrogen-bond acceptors (Lipinski definition) is 2. The molecule has 31 heavy (non-hydrogen) atoms. The number of rotatable bonds is 2. The summed E-state index contributed by atoms with van der Waals surface area (Å²) in [6.07, 6.45) is 0. The molecule has 0 amide bonds. The highest BCUT2D eigenvalue weighted by Gasteiger charge is 2.46. The Morgan fingerprint density at radius 1 is 0.516 bits per heavy atom. The lowest BCUT2D eigenvalue weighted by atomic mass is 9.66. The molecule has 0 radical (unpaired) electrons. The summed E-state index contributed by atoms with van der Waals surface area (Å²) < 4.78 is 0. The third-order valence-corrected chi connectivity index (χ3v) is 7.01. The van der Waals surface area contributed by atoms with Gasteiger partial charge in [0, 0.05) is 11.4 Å². The normalized spacial score (nSPS) is 13.7. The van der Waals surface area contributed by atoms with Crippen LogP contribution in [0.3, 0.4) is 0 Å². The summed E-state index contributed by atoms with van der Waals surface area (Å²) in [6, 6.07) is 26.6. The molecule has 0 spiro atoms. The molecule has 0 fully saturated rings. The predicted molar refractivity (Wildman–Crippen MR) is 132 cm³/mol. The Morgan fingerprint density at radius 2 is 0.839 bits per heavy atom. The van der Waals surface area contributed by atoms with Crippen molar-refractivity contribution in [3.8, 4) is 11.1 Å². The van der Waals surface area contributed by atoms with Crippen molar-refractivity contribution >= 4 is 11.4 Å². The van der Waals surface area contributed by atoms with E-state index in [0.29, 0.717) is 0 Å². The van der Waals surface area contributed by atoms with Crippen molar-refractivity contribution in [1.82, 2.24) is 0 Å². The maximum atomic E-state index is 6.37. The Kier molecular flexibility index (Phi) is 4.23. The SMILES string of the molecule is Cc1cc(C2(c3cc(C)c(N)c(C)c3)c3ccccc3-c3ccccc32)cc(C)c1N. The highest BCUT2D eigenvalue weighted by Crippen LogP contribution is 2.56. The molecule has 4 N–H and O–H groups in total. The zero-order chi connectivity index (χ0) is 21.9. The van der Waals surface area contributed by atoms with Crippen LogP contribution in [0.4, 0.5) is 11.4 Å². The fourth-order valence-electron chi connectivity index (χ4n) is 5.41. The maximum absolute atomic E-state index is 6.37. The van der Waals surface area contributed by atoms with Crippen molar-refractivity contribution in [2.75, 3.05) is 11.5 Å². The van der Waals surface area contributed by atoms with Gasteiger partial charge in [-0.2, -0.15) is 0 Å². The lowest BCUT2D eigenvalue weighted by molar-refractivity contribution is 0.764. The van der Waals surface area contributed by atoms with Gasteiger partial charge in [0.05, 0.1) is 5.41 Å². The van der Waals surface area contributed by atoms with Crippen LogP contribution in [-0.2, 0) is 5.41 Å². The van der Waals surface area contributed by atoms with Crippen LogP contribution >= 0.6 is 0 Å². The Hall–Kier alpha value is -3.52. The molecule has 0 unspecified atom stereocenters. The topological polar surface area (TPSA) is 52.0 Å². The largest absolute Gasteiger partial charge is 0.398 e. The van der Waals surface area contributed by atoms with Crippen LogP contribution in [0.2, 0.25) is 0 Å². The highest BCUT2D eigenvalue weighted by molar-refractivity contribution is 5.87. The smallest absolute Gasteiger partial charge is 0.0714 e. The van der Waals surface area contributed by atoms with Crippen molar-refractivity contribution in [3.05, 3.63) is 117 Å². The molecule has 2 nitrogen and oxygen atoms in total. The lowest BCUT2D eigenvalue weighted by Gasteiger charge is -2.35. The molecular weight excluding hydrogens is 376 g/mol. The third kappa shape index (κ3) is 2.58. The van der Waals surface area contributed by atoms with Crippen molar-refractivity contribution in [1.29, 1.82) is 0 Å². The fraction of sp³-hybridized carbons (Fsp3) is 0.172.